The number of benzene rings is 2. The minimum atomic E-state index is -0.429. The van der Waals surface area contributed by atoms with Gasteiger partial charge in [-0.05, 0) is 23.3 Å². The average Bonchev–Trinajstić information content (AvgIpc) is 3.12. The highest BCUT2D eigenvalue weighted by Gasteiger charge is 2.17. The Morgan fingerprint density at radius 3 is 2.74 bits per heavy atom. The second kappa shape index (κ2) is 8.92. The Morgan fingerprint density at radius 1 is 1.19 bits per heavy atom. The van der Waals surface area contributed by atoms with Crippen molar-refractivity contribution in [1.29, 1.82) is 0 Å². The van der Waals surface area contributed by atoms with E-state index in [-0.39, 0.29) is 0 Å². The summed E-state index contributed by atoms with van der Waals surface area (Å²) in [6.07, 6.45) is 1.42. The molecular formula is C20H19NO4S2. The summed E-state index contributed by atoms with van der Waals surface area (Å²) in [5.41, 5.74) is 3.12. The van der Waals surface area contributed by atoms with Crippen molar-refractivity contribution in [2.75, 3.05) is 21.3 Å². The van der Waals surface area contributed by atoms with Crippen molar-refractivity contribution in [3.05, 3.63) is 59.9 Å². The third-order valence-electron chi connectivity index (χ3n) is 3.87. The van der Waals surface area contributed by atoms with E-state index in [4.69, 9.17) is 14.2 Å². The third-order valence-corrected chi connectivity index (χ3v) is 6.10. The topological polar surface area (TPSA) is 57.7 Å². The van der Waals surface area contributed by atoms with Gasteiger partial charge in [0.1, 0.15) is 11.3 Å². The summed E-state index contributed by atoms with van der Waals surface area (Å²) >= 11 is 3.26. The minimum Gasteiger partial charge on any atom is -0.503 e. The Bertz CT molecular complexity index is 981. The molecule has 0 radical (unpaired) electrons. The zero-order valence-corrected chi connectivity index (χ0v) is 16.9. The van der Waals surface area contributed by atoms with E-state index in [0.29, 0.717) is 11.3 Å². The van der Waals surface area contributed by atoms with Crippen LogP contribution < -0.4 is 4.74 Å². The van der Waals surface area contributed by atoms with Crippen molar-refractivity contribution in [1.82, 2.24) is 4.98 Å². The van der Waals surface area contributed by atoms with Crippen molar-refractivity contribution in [2.45, 2.75) is 10.1 Å². The van der Waals surface area contributed by atoms with E-state index >= 15 is 0 Å². The lowest BCUT2D eigenvalue weighted by Crippen LogP contribution is -2.06. The van der Waals surface area contributed by atoms with Gasteiger partial charge in [-0.3, -0.25) is 0 Å². The Labute approximate surface area is 166 Å². The Hall–Kier alpha value is -2.51. The molecule has 0 atom stereocenters. The van der Waals surface area contributed by atoms with Crippen molar-refractivity contribution in [2.24, 2.45) is 0 Å². The molecule has 0 aliphatic heterocycles. The van der Waals surface area contributed by atoms with Gasteiger partial charge in [-0.1, -0.05) is 36.0 Å². The standard InChI is InChI=1S/C20H19NO4S2/c1-23-11-16(19(22)25-3)15-7-5-4-6-13(15)12-26-20-21-17-10-14(24-2)8-9-18(17)27-20/h4-11H,12H2,1-3H3. The highest BCUT2D eigenvalue weighted by atomic mass is 32.2. The molecule has 7 heteroatoms. The molecule has 0 amide bonds. The first-order chi connectivity index (χ1) is 13.2. The number of ether oxygens (including phenoxy) is 3. The van der Waals surface area contributed by atoms with Crippen LogP contribution in [-0.2, 0) is 20.0 Å². The van der Waals surface area contributed by atoms with Gasteiger partial charge in [-0.2, -0.15) is 0 Å². The van der Waals surface area contributed by atoms with Crippen LogP contribution in [0, 0.1) is 0 Å². The molecule has 0 aliphatic rings. The lowest BCUT2D eigenvalue weighted by molar-refractivity contribution is -0.133. The van der Waals surface area contributed by atoms with Crippen LogP contribution in [0.4, 0.5) is 0 Å². The van der Waals surface area contributed by atoms with E-state index in [1.165, 1.54) is 20.5 Å². The normalized spacial score (nSPS) is 11.4. The molecule has 1 heterocycles. The number of thioether (sulfide) groups is 1. The molecule has 2 aromatic carbocycles. The van der Waals surface area contributed by atoms with Crippen molar-refractivity contribution < 1.29 is 19.0 Å². The summed E-state index contributed by atoms with van der Waals surface area (Å²) in [4.78, 5) is 16.8. The summed E-state index contributed by atoms with van der Waals surface area (Å²) in [5, 5.41) is 0. The third kappa shape index (κ3) is 4.43. The number of hydrogen-bond acceptors (Lipinski definition) is 7. The van der Waals surface area contributed by atoms with Gasteiger partial charge < -0.3 is 14.2 Å². The van der Waals surface area contributed by atoms with Gasteiger partial charge >= 0.3 is 5.97 Å². The highest BCUT2D eigenvalue weighted by Crippen LogP contribution is 2.34. The molecule has 0 bridgehead atoms. The van der Waals surface area contributed by atoms with Gasteiger partial charge in [0.05, 0.1) is 37.8 Å². The Balaban J connectivity index is 1.84. The highest BCUT2D eigenvalue weighted by molar-refractivity contribution is 8.00. The number of nitrogens with zero attached hydrogens (tertiary/aromatic N) is 1. The number of aromatic nitrogens is 1. The fourth-order valence-corrected chi connectivity index (χ4v) is 4.63. The predicted octanol–water partition coefficient (Wildman–Crippen LogP) is 4.76. The molecule has 0 aliphatic carbocycles. The molecule has 0 saturated carbocycles. The fraction of sp³-hybridized carbons (Fsp3) is 0.200. The zero-order chi connectivity index (χ0) is 19.2. The van der Waals surface area contributed by atoms with Crippen molar-refractivity contribution in [3.63, 3.8) is 0 Å². The van der Waals surface area contributed by atoms with Gasteiger partial charge in [-0.25, -0.2) is 9.78 Å². The molecular weight excluding hydrogens is 382 g/mol. The predicted molar refractivity (Wildman–Crippen MR) is 109 cm³/mol. The summed E-state index contributed by atoms with van der Waals surface area (Å²) in [5.74, 6) is 1.04. The van der Waals surface area contributed by atoms with Crippen molar-refractivity contribution >= 4 is 44.9 Å². The van der Waals surface area contributed by atoms with Crippen LogP contribution in [0.5, 0.6) is 5.75 Å². The van der Waals surface area contributed by atoms with E-state index in [1.807, 2.05) is 42.5 Å². The molecule has 3 aromatic rings. The zero-order valence-electron chi connectivity index (χ0n) is 15.2. The number of hydrogen-bond donors (Lipinski definition) is 0. The van der Waals surface area contributed by atoms with Gasteiger partial charge in [0.25, 0.3) is 0 Å². The number of methoxy groups -OCH3 is 3. The quantitative estimate of drug-likeness (QED) is 0.246. The summed E-state index contributed by atoms with van der Waals surface area (Å²) in [6.45, 7) is 0. The maximum absolute atomic E-state index is 12.1. The van der Waals surface area contributed by atoms with E-state index in [2.05, 4.69) is 4.98 Å². The molecule has 5 nitrogen and oxygen atoms in total. The number of thiazole rings is 1. The molecule has 3 rings (SSSR count). The summed E-state index contributed by atoms with van der Waals surface area (Å²) in [6, 6.07) is 13.6. The molecule has 140 valence electrons. The second-order valence-electron chi connectivity index (χ2n) is 5.52. The largest absolute Gasteiger partial charge is 0.503 e. The number of carbonyl (C=O) groups is 1. The van der Waals surface area contributed by atoms with Gasteiger partial charge in [-0.15, -0.1) is 11.3 Å². The first kappa shape index (κ1) is 19.3. The number of carbonyl (C=O) groups excluding carboxylic acids is 1. The lowest BCUT2D eigenvalue weighted by atomic mass is 10.0. The Kier molecular flexibility index (Phi) is 6.36. The maximum atomic E-state index is 12.1. The minimum absolute atomic E-state index is 0.394. The van der Waals surface area contributed by atoms with Crippen LogP contribution in [0.1, 0.15) is 11.1 Å². The summed E-state index contributed by atoms with van der Waals surface area (Å²) in [7, 11) is 4.51. The molecule has 0 spiro atoms. The molecule has 0 saturated heterocycles. The number of fused-ring (bicyclic) bond motifs is 1. The van der Waals surface area contributed by atoms with Crippen molar-refractivity contribution in [3.8, 4) is 5.75 Å². The molecule has 1 aromatic heterocycles. The van der Waals surface area contributed by atoms with E-state index in [9.17, 15) is 4.79 Å². The van der Waals surface area contributed by atoms with Gasteiger partial charge in [0, 0.05) is 11.8 Å². The maximum Gasteiger partial charge on any atom is 0.341 e. The SMILES string of the molecule is COC=C(C(=O)OC)c1ccccc1CSc1nc2cc(OC)ccc2s1. The first-order valence-corrected chi connectivity index (χ1v) is 9.93. The van der Waals surface area contributed by atoms with E-state index < -0.39 is 5.97 Å². The van der Waals surface area contributed by atoms with E-state index in [1.54, 1.807) is 30.2 Å². The molecule has 0 fully saturated rings. The number of rotatable bonds is 7. The smallest absolute Gasteiger partial charge is 0.341 e. The fourth-order valence-electron chi connectivity index (χ4n) is 2.57. The summed E-state index contributed by atoms with van der Waals surface area (Å²) < 4.78 is 17.3. The molecule has 27 heavy (non-hydrogen) atoms. The molecule has 0 N–H and O–H groups in total. The van der Waals surface area contributed by atoms with Crippen LogP contribution in [0.15, 0.2) is 53.1 Å². The van der Waals surface area contributed by atoms with E-state index in [0.717, 1.165) is 31.4 Å². The van der Waals surface area contributed by atoms with Crippen LogP contribution in [0.2, 0.25) is 0 Å². The van der Waals surface area contributed by atoms with Gasteiger partial charge in [0.15, 0.2) is 4.34 Å². The first-order valence-electron chi connectivity index (χ1n) is 8.13. The van der Waals surface area contributed by atoms with Gasteiger partial charge in [0.2, 0.25) is 0 Å². The molecule has 0 unspecified atom stereocenters. The average molecular weight is 402 g/mol. The lowest BCUT2D eigenvalue weighted by Gasteiger charge is -2.10. The Morgan fingerprint density at radius 2 is 2.00 bits per heavy atom. The monoisotopic (exact) mass is 401 g/mol. The van der Waals surface area contributed by atoms with Crippen LogP contribution in [0.25, 0.3) is 15.8 Å². The van der Waals surface area contributed by atoms with Crippen LogP contribution in [-0.4, -0.2) is 32.3 Å². The van der Waals surface area contributed by atoms with Crippen LogP contribution >= 0.6 is 23.1 Å². The van der Waals surface area contributed by atoms with Crippen LogP contribution in [0.3, 0.4) is 0 Å². The second-order valence-corrected chi connectivity index (χ2v) is 7.77. The number of esters is 1.